The number of nitrogens with zero attached hydrogens (tertiary/aromatic N) is 2. The fourth-order valence-corrected chi connectivity index (χ4v) is 4.44. The Kier molecular flexibility index (Phi) is 8.91. The summed E-state index contributed by atoms with van der Waals surface area (Å²) in [6.45, 7) is 7.00. The normalized spacial score (nSPS) is 12.7. The Labute approximate surface area is 201 Å². The molecule has 180 valence electrons. The fourth-order valence-electron chi connectivity index (χ4n) is 3.29. The third kappa shape index (κ3) is 8.05. The number of hydrogen-bond donors (Lipinski definition) is 1. The number of hydrogen-bond acceptors (Lipinski definition) is 4. The third-order valence-corrected chi connectivity index (χ3v) is 6.40. The van der Waals surface area contributed by atoms with Crippen LogP contribution in [0.4, 0.5) is 5.69 Å². The van der Waals surface area contributed by atoms with E-state index in [2.05, 4.69) is 5.32 Å². The first-order valence-electron chi connectivity index (χ1n) is 10.7. The molecular weight excluding hydrogens is 462 g/mol. The number of para-hydroxylation sites is 1. The summed E-state index contributed by atoms with van der Waals surface area (Å²) in [6, 6.07) is 15.2. The second-order valence-corrected chi connectivity index (χ2v) is 11.3. The van der Waals surface area contributed by atoms with Crippen LogP contribution in [0.2, 0.25) is 5.02 Å². The van der Waals surface area contributed by atoms with Crippen LogP contribution in [0.25, 0.3) is 0 Å². The van der Waals surface area contributed by atoms with Gasteiger partial charge in [0.25, 0.3) is 0 Å². The van der Waals surface area contributed by atoms with Crippen molar-refractivity contribution in [2.24, 2.45) is 0 Å². The maximum absolute atomic E-state index is 13.4. The summed E-state index contributed by atoms with van der Waals surface area (Å²) in [5.74, 6) is -0.805. The zero-order chi connectivity index (χ0) is 24.8. The smallest absolute Gasteiger partial charge is 0.244 e. The van der Waals surface area contributed by atoms with E-state index >= 15 is 0 Å². The summed E-state index contributed by atoms with van der Waals surface area (Å²) < 4.78 is 26.0. The number of rotatable bonds is 9. The number of carbonyl (C=O) groups is 2. The number of halogens is 1. The quantitative estimate of drug-likeness (QED) is 0.579. The van der Waals surface area contributed by atoms with Crippen molar-refractivity contribution in [2.45, 2.75) is 45.7 Å². The molecule has 0 saturated heterocycles. The number of nitrogens with one attached hydrogen (secondary N) is 1. The lowest BCUT2D eigenvalue weighted by Crippen LogP contribution is -2.55. The molecule has 2 aromatic carbocycles. The average molecular weight is 494 g/mol. The van der Waals surface area contributed by atoms with Gasteiger partial charge in [0.2, 0.25) is 21.8 Å². The van der Waals surface area contributed by atoms with Crippen LogP contribution < -0.4 is 9.62 Å². The standard InChI is InChI=1S/C24H32ClN3O4S/c1-18(23(30)26-24(2,3)4)27(16-15-19-11-7-6-8-12-19)22(29)17-28(33(5,31)32)21-14-10-9-13-20(21)25/h6-14,18H,15-17H2,1-5H3,(H,26,30)/t18-/m0/s1. The van der Waals surface area contributed by atoms with Gasteiger partial charge in [-0.3, -0.25) is 13.9 Å². The molecule has 0 fully saturated rings. The van der Waals surface area contributed by atoms with Gasteiger partial charge >= 0.3 is 0 Å². The average Bonchev–Trinajstić information content (AvgIpc) is 2.71. The molecular formula is C24H32ClN3O4S. The van der Waals surface area contributed by atoms with Crippen molar-refractivity contribution in [1.82, 2.24) is 10.2 Å². The van der Waals surface area contributed by atoms with E-state index in [0.29, 0.717) is 6.42 Å². The summed E-state index contributed by atoms with van der Waals surface area (Å²) in [7, 11) is -3.81. The van der Waals surface area contributed by atoms with Crippen LogP contribution in [-0.4, -0.2) is 56.1 Å². The minimum Gasteiger partial charge on any atom is -0.350 e. The summed E-state index contributed by atoms with van der Waals surface area (Å²) in [4.78, 5) is 27.7. The number of sulfonamides is 1. The highest BCUT2D eigenvalue weighted by atomic mass is 35.5. The van der Waals surface area contributed by atoms with Gasteiger partial charge in [0, 0.05) is 12.1 Å². The number of amides is 2. The molecule has 0 aliphatic heterocycles. The summed E-state index contributed by atoms with van der Waals surface area (Å²) in [6.07, 6.45) is 1.54. The molecule has 0 aromatic heterocycles. The van der Waals surface area contributed by atoms with Crippen molar-refractivity contribution in [1.29, 1.82) is 0 Å². The van der Waals surface area contributed by atoms with Crippen LogP contribution in [-0.2, 0) is 26.0 Å². The molecule has 0 radical (unpaired) electrons. The van der Waals surface area contributed by atoms with E-state index in [1.54, 1.807) is 31.2 Å². The van der Waals surface area contributed by atoms with Gasteiger partial charge in [-0.15, -0.1) is 0 Å². The van der Waals surface area contributed by atoms with Gasteiger partial charge in [-0.05, 0) is 51.8 Å². The topological polar surface area (TPSA) is 86.8 Å². The molecule has 0 saturated carbocycles. The molecule has 1 N–H and O–H groups in total. The van der Waals surface area contributed by atoms with Gasteiger partial charge in [0.05, 0.1) is 17.0 Å². The SMILES string of the molecule is C[C@@H](C(=O)NC(C)(C)C)N(CCc1ccccc1)C(=O)CN(c1ccccc1Cl)S(C)(=O)=O. The maximum Gasteiger partial charge on any atom is 0.244 e. The van der Waals surface area contributed by atoms with E-state index in [9.17, 15) is 18.0 Å². The van der Waals surface area contributed by atoms with Crippen LogP contribution in [0.1, 0.15) is 33.3 Å². The van der Waals surface area contributed by atoms with E-state index in [0.717, 1.165) is 16.1 Å². The van der Waals surface area contributed by atoms with Crippen LogP contribution in [0, 0.1) is 0 Å². The van der Waals surface area contributed by atoms with Crippen LogP contribution in [0.3, 0.4) is 0 Å². The highest BCUT2D eigenvalue weighted by molar-refractivity contribution is 7.92. The van der Waals surface area contributed by atoms with Gasteiger partial charge in [0.1, 0.15) is 12.6 Å². The van der Waals surface area contributed by atoms with E-state index in [1.807, 2.05) is 51.1 Å². The van der Waals surface area contributed by atoms with Crippen molar-refractivity contribution < 1.29 is 18.0 Å². The van der Waals surface area contributed by atoms with Crippen LogP contribution >= 0.6 is 11.6 Å². The molecule has 2 rings (SSSR count). The number of carbonyl (C=O) groups excluding carboxylic acids is 2. The van der Waals surface area contributed by atoms with Gasteiger partial charge < -0.3 is 10.2 Å². The van der Waals surface area contributed by atoms with Crippen molar-refractivity contribution in [2.75, 3.05) is 23.7 Å². The van der Waals surface area contributed by atoms with Crippen molar-refractivity contribution >= 4 is 39.1 Å². The largest absolute Gasteiger partial charge is 0.350 e. The lowest BCUT2D eigenvalue weighted by Gasteiger charge is -2.33. The second kappa shape index (κ2) is 11.0. The Morgan fingerprint density at radius 3 is 2.15 bits per heavy atom. The molecule has 2 aromatic rings. The zero-order valence-electron chi connectivity index (χ0n) is 19.7. The van der Waals surface area contributed by atoms with E-state index in [4.69, 9.17) is 11.6 Å². The second-order valence-electron chi connectivity index (χ2n) is 8.96. The molecule has 9 heteroatoms. The summed E-state index contributed by atoms with van der Waals surface area (Å²) in [5, 5.41) is 3.10. The highest BCUT2D eigenvalue weighted by Crippen LogP contribution is 2.27. The molecule has 0 heterocycles. The lowest BCUT2D eigenvalue weighted by atomic mass is 10.1. The molecule has 0 bridgehead atoms. The molecule has 0 aliphatic carbocycles. The Morgan fingerprint density at radius 2 is 1.61 bits per heavy atom. The summed E-state index contributed by atoms with van der Waals surface area (Å²) >= 11 is 6.22. The van der Waals surface area contributed by atoms with Crippen molar-refractivity contribution in [3.63, 3.8) is 0 Å². The first-order chi connectivity index (χ1) is 15.3. The minimum atomic E-state index is -3.81. The van der Waals surface area contributed by atoms with E-state index < -0.39 is 34.1 Å². The Morgan fingerprint density at radius 1 is 1.03 bits per heavy atom. The Hall–Kier alpha value is -2.58. The Balaban J connectivity index is 2.33. The predicted octanol–water partition coefficient (Wildman–Crippen LogP) is 3.48. The molecule has 0 unspecified atom stereocenters. The molecule has 0 aliphatic rings. The van der Waals surface area contributed by atoms with Gasteiger partial charge in [0.15, 0.2) is 0 Å². The number of anilines is 1. The third-order valence-electron chi connectivity index (χ3n) is 4.95. The molecule has 0 spiro atoms. The zero-order valence-corrected chi connectivity index (χ0v) is 21.3. The molecule has 1 atom stereocenters. The maximum atomic E-state index is 13.4. The Bertz CT molecular complexity index is 1070. The van der Waals surface area contributed by atoms with Crippen LogP contribution in [0.5, 0.6) is 0 Å². The molecule has 7 nitrogen and oxygen atoms in total. The van der Waals surface area contributed by atoms with Gasteiger partial charge in [-0.25, -0.2) is 8.42 Å². The fraction of sp³-hybridized carbons (Fsp3) is 0.417. The van der Waals surface area contributed by atoms with Gasteiger partial charge in [-0.1, -0.05) is 54.1 Å². The first kappa shape index (κ1) is 26.7. The van der Waals surface area contributed by atoms with Crippen molar-refractivity contribution in [3.8, 4) is 0 Å². The van der Waals surface area contributed by atoms with Crippen molar-refractivity contribution in [3.05, 3.63) is 65.2 Å². The minimum absolute atomic E-state index is 0.213. The summed E-state index contributed by atoms with van der Waals surface area (Å²) in [5.41, 5.74) is 0.741. The highest BCUT2D eigenvalue weighted by Gasteiger charge is 2.31. The van der Waals surface area contributed by atoms with Gasteiger partial charge in [-0.2, -0.15) is 0 Å². The molecule has 2 amide bonds. The predicted molar refractivity (Wildman–Crippen MR) is 133 cm³/mol. The first-order valence-corrected chi connectivity index (χ1v) is 12.9. The monoisotopic (exact) mass is 493 g/mol. The lowest BCUT2D eigenvalue weighted by molar-refractivity contribution is -0.139. The van der Waals surface area contributed by atoms with Crippen LogP contribution in [0.15, 0.2) is 54.6 Å². The van der Waals surface area contributed by atoms with E-state index in [-0.39, 0.29) is 23.2 Å². The van der Waals surface area contributed by atoms with E-state index in [1.165, 1.54) is 4.90 Å². The number of benzene rings is 2. The molecule has 33 heavy (non-hydrogen) atoms.